The molecule has 0 saturated carbocycles. The van der Waals surface area contributed by atoms with Crippen LogP contribution in [0.1, 0.15) is 44.1 Å². The minimum Gasteiger partial charge on any atom is -0.467 e. The van der Waals surface area contributed by atoms with Crippen LogP contribution in [0.4, 0.5) is 0 Å². The van der Waals surface area contributed by atoms with E-state index in [4.69, 9.17) is 9.15 Å². The van der Waals surface area contributed by atoms with Crippen LogP contribution in [0.25, 0.3) is 0 Å². The Hall–Kier alpha value is -1.58. The molecule has 1 aliphatic rings. The van der Waals surface area contributed by atoms with Crippen LogP contribution in [-0.2, 0) is 4.74 Å². The van der Waals surface area contributed by atoms with Crippen LogP contribution in [-0.4, -0.2) is 18.2 Å². The average Bonchev–Trinajstić information content (AvgIpc) is 2.99. The first kappa shape index (κ1) is 14.4. The van der Waals surface area contributed by atoms with E-state index in [1.54, 1.807) is 6.26 Å². The van der Waals surface area contributed by atoms with Gasteiger partial charge in [0.05, 0.1) is 17.9 Å². The van der Waals surface area contributed by atoms with Gasteiger partial charge in [-0.05, 0) is 44.4 Å². The van der Waals surface area contributed by atoms with E-state index in [9.17, 15) is 0 Å². The molecule has 3 nitrogen and oxygen atoms in total. The van der Waals surface area contributed by atoms with E-state index < -0.39 is 0 Å². The Kier molecular flexibility index (Phi) is 4.13. The molecule has 112 valence electrons. The van der Waals surface area contributed by atoms with Crippen molar-refractivity contribution in [2.24, 2.45) is 0 Å². The highest BCUT2D eigenvalue weighted by Gasteiger charge is 2.31. The van der Waals surface area contributed by atoms with Gasteiger partial charge in [0.15, 0.2) is 0 Å². The van der Waals surface area contributed by atoms with Gasteiger partial charge in [-0.25, -0.2) is 0 Å². The van der Waals surface area contributed by atoms with Gasteiger partial charge in [0, 0.05) is 12.6 Å². The van der Waals surface area contributed by atoms with Crippen molar-refractivity contribution < 1.29 is 9.15 Å². The van der Waals surface area contributed by atoms with E-state index in [0.29, 0.717) is 6.04 Å². The molecule has 0 radical (unpaired) electrons. The third-order valence-corrected chi connectivity index (χ3v) is 4.06. The Balaban J connectivity index is 1.80. The molecule has 1 saturated heterocycles. The van der Waals surface area contributed by atoms with Gasteiger partial charge in [0.1, 0.15) is 5.76 Å². The first-order valence-electron chi connectivity index (χ1n) is 7.62. The summed E-state index contributed by atoms with van der Waals surface area (Å²) in [6.07, 6.45) is 3.78. The van der Waals surface area contributed by atoms with Gasteiger partial charge < -0.3 is 14.5 Å². The monoisotopic (exact) mass is 285 g/mol. The molecule has 21 heavy (non-hydrogen) atoms. The molecule has 0 amide bonds. The number of rotatable bonds is 4. The van der Waals surface area contributed by atoms with Crippen molar-refractivity contribution in [1.29, 1.82) is 0 Å². The highest BCUT2D eigenvalue weighted by atomic mass is 16.5. The molecule has 3 rings (SSSR count). The molecule has 0 aliphatic carbocycles. The molecule has 1 aliphatic heterocycles. The Morgan fingerprint density at radius 1 is 1.14 bits per heavy atom. The van der Waals surface area contributed by atoms with E-state index >= 15 is 0 Å². The Labute approximate surface area is 126 Å². The van der Waals surface area contributed by atoms with Crippen LogP contribution in [0.15, 0.2) is 53.1 Å². The molecular weight excluding hydrogens is 262 g/mol. The van der Waals surface area contributed by atoms with Gasteiger partial charge in [0.2, 0.25) is 0 Å². The van der Waals surface area contributed by atoms with Crippen molar-refractivity contribution >= 4 is 0 Å². The molecule has 2 atom stereocenters. The topological polar surface area (TPSA) is 34.4 Å². The number of hydrogen-bond donors (Lipinski definition) is 1. The maximum Gasteiger partial charge on any atom is 0.125 e. The predicted molar refractivity (Wildman–Crippen MR) is 83.2 cm³/mol. The first-order chi connectivity index (χ1) is 10.1. The summed E-state index contributed by atoms with van der Waals surface area (Å²) in [6, 6.07) is 15.0. The van der Waals surface area contributed by atoms with Crippen LogP contribution in [0.3, 0.4) is 0 Å². The third kappa shape index (κ3) is 3.55. The van der Waals surface area contributed by atoms with Crippen LogP contribution >= 0.6 is 0 Å². The predicted octanol–water partition coefficient (Wildman–Crippen LogP) is 3.92. The fourth-order valence-corrected chi connectivity index (χ4v) is 3.05. The second-order valence-corrected chi connectivity index (χ2v) is 6.32. The molecule has 2 aromatic rings. The summed E-state index contributed by atoms with van der Waals surface area (Å²) in [7, 11) is 0. The van der Waals surface area contributed by atoms with Crippen molar-refractivity contribution in [3.05, 3.63) is 60.1 Å². The standard InChI is InChI=1S/C18H23NO2/c1-18(2)13-15(10-12-21-18)19-17(16-9-6-11-20-16)14-7-4-3-5-8-14/h3-9,11,15,17,19H,10,12-13H2,1-2H3. The lowest BCUT2D eigenvalue weighted by atomic mass is 9.92. The second kappa shape index (κ2) is 6.04. The second-order valence-electron chi connectivity index (χ2n) is 6.32. The van der Waals surface area contributed by atoms with Gasteiger partial charge in [-0.3, -0.25) is 0 Å². The maximum absolute atomic E-state index is 5.81. The number of benzene rings is 1. The first-order valence-corrected chi connectivity index (χ1v) is 7.62. The summed E-state index contributed by atoms with van der Waals surface area (Å²) in [5.41, 5.74) is 1.18. The zero-order chi connectivity index (χ0) is 14.7. The minimum atomic E-state index is -0.0552. The highest BCUT2D eigenvalue weighted by molar-refractivity contribution is 5.26. The smallest absolute Gasteiger partial charge is 0.125 e. The molecule has 0 spiro atoms. The fourth-order valence-electron chi connectivity index (χ4n) is 3.05. The summed E-state index contributed by atoms with van der Waals surface area (Å²) in [4.78, 5) is 0. The van der Waals surface area contributed by atoms with Gasteiger partial charge in [-0.2, -0.15) is 0 Å². The summed E-state index contributed by atoms with van der Waals surface area (Å²) in [6.45, 7) is 5.13. The third-order valence-electron chi connectivity index (χ3n) is 4.06. The molecule has 0 bridgehead atoms. The van der Waals surface area contributed by atoms with Crippen LogP contribution < -0.4 is 5.32 Å². The van der Waals surface area contributed by atoms with Crippen molar-refractivity contribution in [2.75, 3.05) is 6.61 Å². The number of nitrogens with one attached hydrogen (secondary N) is 1. The van der Waals surface area contributed by atoms with Gasteiger partial charge in [-0.1, -0.05) is 30.3 Å². The molecule has 3 heteroatoms. The number of furan rings is 1. The van der Waals surface area contributed by atoms with E-state index in [-0.39, 0.29) is 11.6 Å². The zero-order valence-corrected chi connectivity index (χ0v) is 12.7. The van der Waals surface area contributed by atoms with E-state index in [1.807, 2.05) is 18.2 Å². The molecular formula is C18H23NO2. The van der Waals surface area contributed by atoms with Crippen LogP contribution in [0.2, 0.25) is 0 Å². The van der Waals surface area contributed by atoms with Crippen molar-refractivity contribution in [2.45, 2.75) is 44.4 Å². The number of hydrogen-bond acceptors (Lipinski definition) is 3. The lowest BCUT2D eigenvalue weighted by Gasteiger charge is -2.37. The van der Waals surface area contributed by atoms with Crippen molar-refractivity contribution in [3.8, 4) is 0 Å². The number of ether oxygens (including phenoxy) is 1. The fraction of sp³-hybridized carbons (Fsp3) is 0.444. The molecule has 2 unspecified atom stereocenters. The Morgan fingerprint density at radius 2 is 1.95 bits per heavy atom. The zero-order valence-electron chi connectivity index (χ0n) is 12.7. The summed E-state index contributed by atoms with van der Waals surface area (Å²) >= 11 is 0. The van der Waals surface area contributed by atoms with Gasteiger partial charge in [-0.15, -0.1) is 0 Å². The summed E-state index contributed by atoms with van der Waals surface area (Å²) in [5, 5.41) is 3.76. The highest BCUT2D eigenvalue weighted by Crippen LogP contribution is 2.28. The van der Waals surface area contributed by atoms with E-state index in [1.165, 1.54) is 5.56 Å². The van der Waals surface area contributed by atoms with Gasteiger partial charge >= 0.3 is 0 Å². The quantitative estimate of drug-likeness (QED) is 0.924. The van der Waals surface area contributed by atoms with E-state index in [0.717, 1.165) is 25.2 Å². The SMILES string of the molecule is CC1(C)CC(NC(c2ccccc2)c2ccco2)CCO1. The van der Waals surface area contributed by atoms with E-state index in [2.05, 4.69) is 43.4 Å². The Morgan fingerprint density at radius 3 is 2.62 bits per heavy atom. The minimum absolute atomic E-state index is 0.0552. The summed E-state index contributed by atoms with van der Waals surface area (Å²) < 4.78 is 11.5. The summed E-state index contributed by atoms with van der Waals surface area (Å²) in [5.74, 6) is 0.963. The Bertz CT molecular complexity index is 548. The van der Waals surface area contributed by atoms with Crippen molar-refractivity contribution in [1.82, 2.24) is 5.32 Å². The normalized spacial score (nSPS) is 22.9. The lowest BCUT2D eigenvalue weighted by molar-refractivity contribution is -0.0639. The molecule has 1 aromatic carbocycles. The molecule has 1 N–H and O–H groups in total. The van der Waals surface area contributed by atoms with Gasteiger partial charge in [0.25, 0.3) is 0 Å². The molecule has 2 heterocycles. The lowest BCUT2D eigenvalue weighted by Crippen LogP contribution is -2.45. The largest absolute Gasteiger partial charge is 0.467 e. The molecule has 1 fully saturated rings. The average molecular weight is 285 g/mol. The maximum atomic E-state index is 5.81. The van der Waals surface area contributed by atoms with Crippen LogP contribution in [0.5, 0.6) is 0 Å². The van der Waals surface area contributed by atoms with Crippen LogP contribution in [0, 0.1) is 0 Å². The van der Waals surface area contributed by atoms with Crippen molar-refractivity contribution in [3.63, 3.8) is 0 Å². The molecule has 1 aromatic heterocycles.